The van der Waals surface area contributed by atoms with Crippen molar-refractivity contribution in [3.8, 4) is 0 Å². The number of aromatic nitrogens is 3. The number of fused-ring (bicyclic) bond motifs is 1. The van der Waals surface area contributed by atoms with E-state index in [4.69, 9.17) is 0 Å². The molecule has 8 heteroatoms. The van der Waals surface area contributed by atoms with E-state index < -0.39 is 0 Å². The molecule has 0 saturated heterocycles. The summed E-state index contributed by atoms with van der Waals surface area (Å²) >= 11 is 2.73. The lowest BCUT2D eigenvalue weighted by Crippen LogP contribution is -2.37. The van der Waals surface area contributed by atoms with Crippen LogP contribution >= 0.6 is 23.3 Å². The predicted molar refractivity (Wildman–Crippen MR) is 96.9 cm³/mol. The van der Waals surface area contributed by atoms with E-state index in [1.807, 2.05) is 33.8 Å². The van der Waals surface area contributed by atoms with Crippen LogP contribution in [0.5, 0.6) is 0 Å². The first-order valence-electron chi connectivity index (χ1n) is 7.73. The molecule has 0 fully saturated rings. The molecular formula is C16H20N4O2S2. The first-order chi connectivity index (χ1) is 11.2. The van der Waals surface area contributed by atoms with Gasteiger partial charge in [-0.1, -0.05) is 32.5 Å². The van der Waals surface area contributed by atoms with Crippen LogP contribution in [-0.2, 0) is 16.8 Å². The third kappa shape index (κ3) is 3.54. The number of hydrogen-bond donors (Lipinski definition) is 1. The molecule has 2 aromatic heterocycles. The summed E-state index contributed by atoms with van der Waals surface area (Å²) in [6, 6.07) is 3.42. The van der Waals surface area contributed by atoms with Crippen molar-refractivity contribution in [2.24, 2.45) is 5.92 Å². The van der Waals surface area contributed by atoms with Crippen molar-refractivity contribution in [1.82, 2.24) is 13.9 Å². The summed E-state index contributed by atoms with van der Waals surface area (Å²) in [4.78, 5) is 29.5. The summed E-state index contributed by atoms with van der Waals surface area (Å²) in [5.41, 5.74) is 1.40. The molecule has 1 aliphatic heterocycles. The maximum Gasteiger partial charge on any atom is 0.254 e. The molecule has 0 aliphatic carbocycles. The second-order valence-electron chi connectivity index (χ2n) is 6.95. The minimum atomic E-state index is -0.259. The molecule has 0 saturated carbocycles. The van der Waals surface area contributed by atoms with Gasteiger partial charge in [0.1, 0.15) is 5.00 Å². The predicted octanol–water partition coefficient (Wildman–Crippen LogP) is 2.67. The molecular weight excluding hydrogens is 344 g/mol. The van der Waals surface area contributed by atoms with Crippen molar-refractivity contribution in [3.63, 3.8) is 0 Å². The Bertz CT molecular complexity index is 835. The number of carbonyl (C=O) groups excluding carboxylic acids is 1. The van der Waals surface area contributed by atoms with Crippen LogP contribution in [-0.4, -0.2) is 25.6 Å². The molecule has 0 bridgehead atoms. The Kier molecular flexibility index (Phi) is 4.52. The molecule has 0 radical (unpaired) electrons. The van der Waals surface area contributed by atoms with E-state index in [1.165, 1.54) is 23.3 Å². The maximum atomic E-state index is 12.4. The zero-order chi connectivity index (χ0) is 17.5. The largest absolute Gasteiger partial charge is 0.316 e. The van der Waals surface area contributed by atoms with Gasteiger partial charge < -0.3 is 5.32 Å². The Balaban J connectivity index is 1.79. The highest BCUT2D eigenvalue weighted by Gasteiger charge is 2.28. The topological polar surface area (TPSA) is 76.9 Å². The van der Waals surface area contributed by atoms with Crippen molar-refractivity contribution >= 4 is 34.2 Å². The Morgan fingerprint density at radius 1 is 1.38 bits per heavy atom. The highest BCUT2D eigenvalue weighted by molar-refractivity contribution is 7.99. The zero-order valence-corrected chi connectivity index (χ0v) is 15.8. The van der Waals surface area contributed by atoms with E-state index >= 15 is 0 Å². The van der Waals surface area contributed by atoms with Gasteiger partial charge in [0.05, 0.1) is 17.3 Å². The normalized spacial score (nSPS) is 17.4. The highest BCUT2D eigenvalue weighted by Crippen LogP contribution is 2.28. The van der Waals surface area contributed by atoms with Gasteiger partial charge in [-0.05, 0) is 24.5 Å². The van der Waals surface area contributed by atoms with Crippen LogP contribution in [0.25, 0.3) is 0 Å². The first kappa shape index (κ1) is 17.2. The zero-order valence-electron chi connectivity index (χ0n) is 14.1. The summed E-state index contributed by atoms with van der Waals surface area (Å²) in [5, 5.41) is 4.32. The van der Waals surface area contributed by atoms with Crippen LogP contribution in [0, 0.1) is 12.8 Å². The van der Waals surface area contributed by atoms with Gasteiger partial charge in [0.2, 0.25) is 5.91 Å². The SMILES string of the molecule is Cc1cc(NC(=O)C2CSc3nc(C(C)(C)C)cc(=O)n3C2)sn1. The van der Waals surface area contributed by atoms with Crippen molar-refractivity contribution in [3.05, 3.63) is 33.9 Å². The molecule has 3 heterocycles. The molecule has 24 heavy (non-hydrogen) atoms. The lowest BCUT2D eigenvalue weighted by atomic mass is 9.92. The molecule has 2 aromatic rings. The number of rotatable bonds is 2. The quantitative estimate of drug-likeness (QED) is 0.829. The van der Waals surface area contributed by atoms with Crippen LogP contribution in [0.15, 0.2) is 22.1 Å². The summed E-state index contributed by atoms with van der Waals surface area (Å²) in [6.45, 7) is 8.35. The summed E-state index contributed by atoms with van der Waals surface area (Å²) < 4.78 is 5.76. The molecule has 1 atom stereocenters. The molecule has 1 unspecified atom stereocenters. The first-order valence-corrected chi connectivity index (χ1v) is 9.49. The molecule has 1 aliphatic rings. The van der Waals surface area contributed by atoms with Crippen molar-refractivity contribution in [2.45, 2.75) is 44.8 Å². The molecule has 128 valence electrons. The number of hydrogen-bond acceptors (Lipinski definition) is 6. The monoisotopic (exact) mass is 364 g/mol. The number of thioether (sulfide) groups is 1. The van der Waals surface area contributed by atoms with Gasteiger partial charge in [-0.25, -0.2) is 4.98 Å². The summed E-state index contributed by atoms with van der Waals surface area (Å²) in [5.74, 6) is 0.275. The van der Waals surface area contributed by atoms with Gasteiger partial charge in [-0.2, -0.15) is 4.37 Å². The second kappa shape index (κ2) is 6.33. The number of aryl methyl sites for hydroxylation is 1. The fraction of sp³-hybridized carbons (Fsp3) is 0.500. The fourth-order valence-electron chi connectivity index (χ4n) is 2.40. The number of anilines is 1. The van der Waals surface area contributed by atoms with Gasteiger partial charge in [0.15, 0.2) is 5.16 Å². The minimum absolute atomic E-state index is 0.0800. The van der Waals surface area contributed by atoms with E-state index in [-0.39, 0.29) is 22.8 Å². The van der Waals surface area contributed by atoms with Gasteiger partial charge >= 0.3 is 0 Å². The lowest BCUT2D eigenvalue weighted by Gasteiger charge is -2.26. The van der Waals surface area contributed by atoms with E-state index in [9.17, 15) is 9.59 Å². The van der Waals surface area contributed by atoms with Gasteiger partial charge in [0, 0.05) is 23.8 Å². The third-order valence-corrected chi connectivity index (χ3v) is 5.74. The number of nitrogens with zero attached hydrogens (tertiary/aromatic N) is 3. The molecule has 1 N–H and O–H groups in total. The summed E-state index contributed by atoms with van der Waals surface area (Å²) in [7, 11) is 0. The van der Waals surface area contributed by atoms with Crippen LogP contribution in [0.2, 0.25) is 0 Å². The van der Waals surface area contributed by atoms with Gasteiger partial charge in [-0.3, -0.25) is 14.2 Å². The maximum absolute atomic E-state index is 12.4. The molecule has 6 nitrogen and oxygen atoms in total. The van der Waals surface area contributed by atoms with Crippen molar-refractivity contribution in [2.75, 3.05) is 11.1 Å². The molecule has 0 aromatic carbocycles. The van der Waals surface area contributed by atoms with Crippen LogP contribution in [0.3, 0.4) is 0 Å². The minimum Gasteiger partial charge on any atom is -0.316 e. The highest BCUT2D eigenvalue weighted by atomic mass is 32.2. The average molecular weight is 364 g/mol. The lowest BCUT2D eigenvalue weighted by molar-refractivity contribution is -0.119. The van der Waals surface area contributed by atoms with Gasteiger partial charge in [0.25, 0.3) is 5.56 Å². The number of amides is 1. The Morgan fingerprint density at radius 3 is 2.75 bits per heavy atom. The molecule has 0 spiro atoms. The smallest absolute Gasteiger partial charge is 0.254 e. The van der Waals surface area contributed by atoms with Crippen LogP contribution in [0.1, 0.15) is 32.2 Å². The molecule has 1 amide bonds. The second-order valence-corrected chi connectivity index (χ2v) is 8.74. The van der Waals surface area contributed by atoms with Gasteiger partial charge in [-0.15, -0.1) is 0 Å². The fourth-order valence-corrected chi connectivity index (χ4v) is 4.15. The third-order valence-electron chi connectivity index (χ3n) is 3.80. The standard InChI is InChI=1S/C16H20N4O2S2/c1-9-5-12(24-19-9)18-14(22)10-7-20-13(21)6-11(16(2,3)4)17-15(20)23-8-10/h5-6,10H,7-8H2,1-4H3,(H,18,22). The summed E-state index contributed by atoms with van der Waals surface area (Å²) in [6.07, 6.45) is 0. The Hall–Kier alpha value is -1.67. The van der Waals surface area contributed by atoms with E-state index in [0.717, 1.165) is 16.4 Å². The van der Waals surface area contributed by atoms with E-state index in [2.05, 4.69) is 14.7 Å². The van der Waals surface area contributed by atoms with E-state index in [1.54, 1.807) is 10.6 Å². The van der Waals surface area contributed by atoms with E-state index in [0.29, 0.717) is 17.5 Å². The van der Waals surface area contributed by atoms with Crippen molar-refractivity contribution < 1.29 is 4.79 Å². The number of carbonyl (C=O) groups is 1. The average Bonchev–Trinajstić information content (AvgIpc) is 2.91. The Morgan fingerprint density at radius 2 is 2.12 bits per heavy atom. The Labute approximate surface area is 148 Å². The number of nitrogens with one attached hydrogen (secondary N) is 1. The van der Waals surface area contributed by atoms with Crippen LogP contribution in [0.4, 0.5) is 5.00 Å². The van der Waals surface area contributed by atoms with Crippen molar-refractivity contribution in [1.29, 1.82) is 0 Å². The molecule has 3 rings (SSSR count). The van der Waals surface area contributed by atoms with Crippen LogP contribution < -0.4 is 10.9 Å².